The zero-order valence-corrected chi connectivity index (χ0v) is 48.7. The van der Waals surface area contributed by atoms with Crippen LogP contribution in [-0.4, -0.2) is 11.1 Å². The zero-order chi connectivity index (χ0) is 55.2. The number of anilines is 4. The van der Waals surface area contributed by atoms with Crippen LogP contribution in [0, 0.1) is 22.7 Å². The molecule has 2 fully saturated rings. The lowest BCUT2D eigenvalue weighted by molar-refractivity contribution is 0.127. The Labute approximate surface area is 481 Å². The van der Waals surface area contributed by atoms with Crippen LogP contribution in [0.25, 0.3) is 54.9 Å². The van der Waals surface area contributed by atoms with Crippen molar-refractivity contribution in [1.82, 2.24) is 0 Å². The van der Waals surface area contributed by atoms with Gasteiger partial charge < -0.3 is 9.80 Å². The molecule has 0 N–H and O–H groups in total. The topological polar surface area (TPSA) is 6.48 Å². The van der Waals surface area contributed by atoms with Crippen molar-refractivity contribution in [3.05, 3.63) is 252 Å². The van der Waals surface area contributed by atoms with E-state index in [1.54, 1.807) is 0 Å². The second-order valence-electron chi connectivity index (χ2n) is 27.7. The van der Waals surface area contributed by atoms with Crippen LogP contribution in [0.1, 0.15) is 139 Å². The van der Waals surface area contributed by atoms with E-state index in [9.17, 15) is 0 Å². The third-order valence-electron chi connectivity index (χ3n) is 21.5. The Kier molecular flexibility index (Phi) is 11.3. The summed E-state index contributed by atoms with van der Waals surface area (Å²) in [5, 5.41) is 5.22. The molecule has 10 aromatic carbocycles. The molecule has 0 radical (unpaired) electrons. The number of fused-ring (bicyclic) bond motifs is 14. The molecule has 6 atom stereocenters. The van der Waals surface area contributed by atoms with Crippen LogP contribution in [0.2, 0.25) is 0 Å². The third-order valence-corrected chi connectivity index (χ3v) is 21.5. The maximum atomic E-state index is 2.71. The van der Waals surface area contributed by atoms with Crippen LogP contribution in [0.3, 0.4) is 0 Å². The summed E-state index contributed by atoms with van der Waals surface area (Å²) in [6, 6.07) is 84.6. The standard InChI is InChI=1S/C79H76N2/c1-75(2,3)57-41-43-77(7)68(49-57)66-46-52(35-39-71(66)80(77)59-27-17-11-18-28-59)51-33-37-63-65(45-51)61-31-21-22-32-62(61)73-64-38-34-54(48-70(64)79(74(63)73,55-23-13-9-14-24-55)56-25-15-10-16-26-56)53-36-40-72-67(47-53)69-50-58(76(4,5)6)42-44-78(69,8)81(72)60-29-19-12-20-30-60/h9-40,45-48,57-58,68-69H,41-44,49-50H2,1-8H3. The predicted octanol–water partition coefficient (Wildman–Crippen LogP) is 21.4. The van der Waals surface area contributed by atoms with E-state index in [1.807, 2.05) is 0 Å². The summed E-state index contributed by atoms with van der Waals surface area (Å²) in [5.74, 6) is 2.19. The predicted molar refractivity (Wildman–Crippen MR) is 343 cm³/mol. The molecule has 81 heavy (non-hydrogen) atoms. The Hall–Kier alpha value is -7.68. The largest absolute Gasteiger partial charge is 0.335 e. The minimum absolute atomic E-state index is 0.00195. The number of hydrogen-bond donors (Lipinski definition) is 0. The third kappa shape index (κ3) is 7.43. The van der Waals surface area contributed by atoms with Crippen LogP contribution < -0.4 is 9.80 Å². The highest BCUT2D eigenvalue weighted by Gasteiger charge is 2.55. The van der Waals surface area contributed by atoms with E-state index in [2.05, 4.69) is 284 Å². The summed E-state index contributed by atoms with van der Waals surface area (Å²) in [4.78, 5) is 5.42. The molecule has 5 aliphatic rings. The van der Waals surface area contributed by atoms with Crippen molar-refractivity contribution >= 4 is 44.3 Å². The SMILES string of the molecule is CC(C)(C)C1CCC2(C)C(C1)c1cc(-c3ccc4c(c3)C(c3ccccc3)(c3ccccc3)c3c-4c4ccccc4c4cc(-c5ccc6c(c5)C5CC(C(C)(C)C)CCC5(C)N6c5ccccc5)ccc34)ccc1N2c1ccccc1. The van der Waals surface area contributed by atoms with Crippen molar-refractivity contribution in [2.75, 3.05) is 9.80 Å². The number of hydrogen-bond acceptors (Lipinski definition) is 2. The first-order valence-electron chi connectivity index (χ1n) is 30.4. The first-order chi connectivity index (χ1) is 39.2. The quantitative estimate of drug-likeness (QED) is 0.153. The van der Waals surface area contributed by atoms with Crippen molar-refractivity contribution in [1.29, 1.82) is 0 Å². The first kappa shape index (κ1) is 50.3. The van der Waals surface area contributed by atoms with E-state index < -0.39 is 5.41 Å². The first-order valence-corrected chi connectivity index (χ1v) is 30.4. The fourth-order valence-corrected chi connectivity index (χ4v) is 17.2. The Balaban J connectivity index is 0.923. The van der Waals surface area contributed by atoms with Crippen molar-refractivity contribution in [3.8, 4) is 33.4 Å². The molecule has 0 amide bonds. The molecular formula is C79H76N2. The van der Waals surface area contributed by atoms with Crippen LogP contribution in [0.5, 0.6) is 0 Å². The number of benzene rings is 10. The molecule has 0 saturated heterocycles. The summed E-state index contributed by atoms with van der Waals surface area (Å²) >= 11 is 0. The van der Waals surface area contributed by atoms with E-state index in [-0.39, 0.29) is 21.9 Å². The lowest BCUT2D eigenvalue weighted by atomic mass is 9.62. The van der Waals surface area contributed by atoms with Crippen LogP contribution in [0.4, 0.5) is 22.7 Å². The highest BCUT2D eigenvalue weighted by molar-refractivity contribution is 6.20. The molecule has 2 saturated carbocycles. The number of nitrogens with zero attached hydrogens (tertiary/aromatic N) is 2. The van der Waals surface area contributed by atoms with Gasteiger partial charge in [0.2, 0.25) is 0 Å². The highest BCUT2D eigenvalue weighted by Crippen LogP contribution is 2.65. The van der Waals surface area contributed by atoms with Gasteiger partial charge in [-0.15, -0.1) is 0 Å². The average molecular weight is 1050 g/mol. The molecule has 0 spiro atoms. The molecule has 402 valence electrons. The van der Waals surface area contributed by atoms with Crippen molar-refractivity contribution in [3.63, 3.8) is 0 Å². The van der Waals surface area contributed by atoms with Crippen LogP contribution in [0.15, 0.2) is 218 Å². The normalized spacial score (nSPS) is 23.4. The van der Waals surface area contributed by atoms with Gasteiger partial charge in [0.05, 0.1) is 5.41 Å². The van der Waals surface area contributed by atoms with Gasteiger partial charge in [0.25, 0.3) is 0 Å². The van der Waals surface area contributed by atoms with E-state index >= 15 is 0 Å². The van der Waals surface area contributed by atoms with Crippen LogP contribution in [-0.2, 0) is 5.41 Å². The zero-order valence-electron chi connectivity index (χ0n) is 48.7. The highest BCUT2D eigenvalue weighted by atomic mass is 15.2. The fourth-order valence-electron chi connectivity index (χ4n) is 17.2. The minimum atomic E-state index is -0.612. The van der Waals surface area contributed by atoms with Gasteiger partial charge in [-0.1, -0.05) is 199 Å². The van der Waals surface area contributed by atoms with Gasteiger partial charge in [0.15, 0.2) is 0 Å². The fraction of sp³-hybridized carbons (Fsp3) is 0.291. The minimum Gasteiger partial charge on any atom is -0.335 e. The molecule has 2 heteroatoms. The summed E-state index contributed by atoms with van der Waals surface area (Å²) in [6.07, 6.45) is 7.26. The molecule has 6 unspecified atom stereocenters. The molecule has 15 rings (SSSR count). The van der Waals surface area contributed by atoms with E-state index in [0.717, 1.165) is 0 Å². The summed E-state index contributed by atoms with van der Waals surface area (Å²) in [6.45, 7) is 19.9. The van der Waals surface area contributed by atoms with E-state index in [4.69, 9.17) is 0 Å². The van der Waals surface area contributed by atoms with Crippen molar-refractivity contribution in [2.24, 2.45) is 22.7 Å². The van der Waals surface area contributed by atoms with Gasteiger partial charge in [0.1, 0.15) is 0 Å². The average Bonchev–Trinajstić information content (AvgIpc) is 3.63. The van der Waals surface area contributed by atoms with Gasteiger partial charge in [-0.25, -0.2) is 0 Å². The maximum Gasteiger partial charge on any atom is 0.0720 e. The van der Waals surface area contributed by atoms with E-state index in [0.29, 0.717) is 23.7 Å². The summed E-state index contributed by atoms with van der Waals surface area (Å²) in [7, 11) is 0. The second kappa shape index (κ2) is 18.2. The molecular weight excluding hydrogens is 977 g/mol. The van der Waals surface area contributed by atoms with Gasteiger partial charge in [0, 0.05) is 45.7 Å². The van der Waals surface area contributed by atoms with E-state index in [1.165, 1.54) is 150 Å². The van der Waals surface area contributed by atoms with Crippen molar-refractivity contribution in [2.45, 2.75) is 122 Å². The van der Waals surface area contributed by atoms with Crippen molar-refractivity contribution < 1.29 is 0 Å². The van der Waals surface area contributed by atoms with Gasteiger partial charge in [-0.05, 0) is 224 Å². The van der Waals surface area contributed by atoms with Gasteiger partial charge in [-0.2, -0.15) is 0 Å². The molecule has 3 aliphatic carbocycles. The lowest BCUT2D eigenvalue weighted by Gasteiger charge is -2.49. The summed E-state index contributed by atoms with van der Waals surface area (Å²) < 4.78 is 0. The lowest BCUT2D eigenvalue weighted by Crippen LogP contribution is -2.48. The number of rotatable bonds is 6. The molecule has 2 heterocycles. The Morgan fingerprint density at radius 2 is 0.815 bits per heavy atom. The molecule has 10 aromatic rings. The second-order valence-corrected chi connectivity index (χ2v) is 27.7. The maximum absolute atomic E-state index is 2.71. The van der Waals surface area contributed by atoms with Gasteiger partial charge >= 0.3 is 0 Å². The van der Waals surface area contributed by atoms with Crippen LogP contribution >= 0.6 is 0 Å². The monoisotopic (exact) mass is 1050 g/mol. The molecule has 0 aromatic heterocycles. The number of para-hydroxylation sites is 2. The molecule has 2 nitrogen and oxygen atoms in total. The smallest absolute Gasteiger partial charge is 0.0720 e. The molecule has 0 bridgehead atoms. The Morgan fingerprint density at radius 1 is 0.395 bits per heavy atom. The molecule has 2 aliphatic heterocycles. The summed E-state index contributed by atoms with van der Waals surface area (Å²) in [5.41, 5.74) is 21.4. The Bertz CT molecular complexity index is 4050. The van der Waals surface area contributed by atoms with Gasteiger partial charge in [-0.3, -0.25) is 0 Å². The Morgan fingerprint density at radius 3 is 1.31 bits per heavy atom.